The van der Waals surface area contributed by atoms with Crippen molar-refractivity contribution < 1.29 is 26.7 Å². The maximum absolute atomic E-state index is 14.6. The van der Waals surface area contributed by atoms with Gasteiger partial charge in [0.25, 0.3) is 0 Å². The van der Waals surface area contributed by atoms with Gasteiger partial charge in [0.05, 0.1) is 21.2 Å². The van der Waals surface area contributed by atoms with Gasteiger partial charge in [-0.3, -0.25) is 4.79 Å². The van der Waals surface area contributed by atoms with Crippen LogP contribution in [0, 0.1) is 23.5 Å². The maximum Gasteiger partial charge on any atom is 0.178 e. The van der Waals surface area contributed by atoms with E-state index >= 15 is 0 Å². The van der Waals surface area contributed by atoms with Gasteiger partial charge in [0, 0.05) is 18.9 Å². The molecule has 188 valence electrons. The smallest absolute Gasteiger partial charge is 0.178 e. The predicted octanol–water partition coefficient (Wildman–Crippen LogP) is 5.98. The van der Waals surface area contributed by atoms with Crippen LogP contribution in [0.4, 0.5) is 8.78 Å². The Morgan fingerprint density at radius 1 is 0.944 bits per heavy atom. The highest BCUT2D eigenvalue weighted by Gasteiger charge is 2.18. The molecule has 36 heavy (non-hydrogen) atoms. The number of sulfone groups is 1. The van der Waals surface area contributed by atoms with Crippen molar-refractivity contribution in [2.75, 3.05) is 5.75 Å². The molecule has 0 atom stereocenters. The van der Waals surface area contributed by atoms with Gasteiger partial charge in [-0.05, 0) is 61.4 Å². The average molecular weight is 531 g/mol. The van der Waals surface area contributed by atoms with E-state index in [1.807, 2.05) is 0 Å². The average Bonchev–Trinajstić information content (AvgIpc) is 2.81. The van der Waals surface area contributed by atoms with E-state index < -0.39 is 27.1 Å². The molecular weight excluding hydrogens is 506 g/mol. The molecule has 0 heterocycles. The molecule has 0 aromatic heterocycles. The number of benzene rings is 3. The summed E-state index contributed by atoms with van der Waals surface area (Å²) < 4.78 is 57.8. The summed E-state index contributed by atoms with van der Waals surface area (Å²) in [6, 6.07) is 14.6. The zero-order valence-corrected chi connectivity index (χ0v) is 21.6. The molecule has 0 bridgehead atoms. The molecule has 3 rings (SSSR count). The van der Waals surface area contributed by atoms with Crippen molar-refractivity contribution in [3.05, 3.63) is 94.0 Å². The first-order valence-corrected chi connectivity index (χ1v) is 13.2. The number of hydrogen-bond donors (Lipinski definition) is 0. The highest BCUT2D eigenvalue weighted by molar-refractivity contribution is 7.91. The van der Waals surface area contributed by atoms with E-state index in [1.165, 1.54) is 36.4 Å². The lowest BCUT2D eigenvalue weighted by Gasteiger charge is -2.20. The predicted molar refractivity (Wildman–Crippen MR) is 136 cm³/mol. The van der Waals surface area contributed by atoms with Crippen LogP contribution in [-0.4, -0.2) is 25.6 Å². The Morgan fingerprint density at radius 3 is 2.19 bits per heavy atom. The fraction of sp³-hybridized carbons (Fsp3) is 0.250. The molecule has 0 aliphatic carbocycles. The third kappa shape index (κ3) is 7.39. The lowest BCUT2D eigenvalue weighted by atomic mass is 10.0. The molecule has 0 amide bonds. The van der Waals surface area contributed by atoms with Gasteiger partial charge in [-0.1, -0.05) is 48.6 Å². The largest absolute Gasteiger partial charge is 0.475 e. The minimum absolute atomic E-state index is 0.00404. The first-order chi connectivity index (χ1) is 16.9. The summed E-state index contributed by atoms with van der Waals surface area (Å²) in [6.45, 7) is 4.91. The Labute approximate surface area is 215 Å². The van der Waals surface area contributed by atoms with Gasteiger partial charge in [-0.15, -0.1) is 0 Å². The number of ketones is 1. The highest BCUT2D eigenvalue weighted by atomic mass is 35.5. The van der Waals surface area contributed by atoms with Crippen LogP contribution in [-0.2, 0) is 27.5 Å². The van der Waals surface area contributed by atoms with Crippen LogP contribution in [0.25, 0.3) is 0 Å². The first kappa shape index (κ1) is 27.4. The van der Waals surface area contributed by atoms with Gasteiger partial charge in [-0.25, -0.2) is 17.2 Å². The summed E-state index contributed by atoms with van der Waals surface area (Å²) in [5.74, 6) is 4.49. The molecule has 0 radical (unpaired) electrons. The minimum atomic E-state index is -3.30. The van der Waals surface area contributed by atoms with Gasteiger partial charge in [0.15, 0.2) is 15.4 Å². The molecular formula is C28H25ClF2O4S. The first-order valence-electron chi connectivity index (χ1n) is 11.2. The van der Waals surface area contributed by atoms with E-state index in [1.54, 1.807) is 39.0 Å². The molecule has 0 N–H and O–H groups in total. The Kier molecular flexibility index (Phi) is 8.55. The number of carbonyl (C=O) groups excluding carboxylic acids is 1. The summed E-state index contributed by atoms with van der Waals surface area (Å²) in [5.41, 5.74) is 0.284. The zero-order valence-electron chi connectivity index (χ0n) is 20.1. The van der Waals surface area contributed by atoms with Gasteiger partial charge < -0.3 is 4.74 Å². The Bertz CT molecular complexity index is 1440. The van der Waals surface area contributed by atoms with Gasteiger partial charge >= 0.3 is 0 Å². The third-order valence-electron chi connectivity index (χ3n) is 5.26. The van der Waals surface area contributed by atoms with E-state index in [-0.39, 0.29) is 45.6 Å². The van der Waals surface area contributed by atoms with E-state index in [4.69, 9.17) is 16.3 Å². The molecule has 3 aromatic carbocycles. The Hall–Kier alpha value is -3.21. The van der Waals surface area contributed by atoms with Crippen molar-refractivity contribution in [1.29, 1.82) is 0 Å². The number of carbonyl (C=O) groups is 1. The molecule has 0 saturated carbocycles. The van der Waals surface area contributed by atoms with Crippen molar-refractivity contribution in [2.24, 2.45) is 0 Å². The number of rotatable bonds is 8. The topological polar surface area (TPSA) is 60.4 Å². The molecule has 0 fully saturated rings. The fourth-order valence-corrected chi connectivity index (χ4v) is 4.35. The van der Waals surface area contributed by atoms with Crippen LogP contribution < -0.4 is 4.74 Å². The monoisotopic (exact) mass is 530 g/mol. The number of Topliss-reactive ketones (excluding diaryl/α,β-unsaturated/α-hetero) is 1. The van der Waals surface area contributed by atoms with E-state index in [0.717, 1.165) is 6.07 Å². The van der Waals surface area contributed by atoms with Crippen LogP contribution in [0.1, 0.15) is 37.5 Å². The quantitative estimate of drug-likeness (QED) is 0.336. The van der Waals surface area contributed by atoms with Crippen molar-refractivity contribution in [1.82, 2.24) is 0 Å². The SMILES string of the molecule is CCS(=O)(=O)c1ccc(CC(=O)Cc2ccc(C#CC(C)(C)Oc3ccc(Cl)c(F)c3)c(F)c2)cc1. The Morgan fingerprint density at radius 2 is 1.58 bits per heavy atom. The zero-order chi connectivity index (χ0) is 26.5. The summed E-state index contributed by atoms with van der Waals surface area (Å²) in [5, 5.41) is -0.0211. The molecule has 0 spiro atoms. The summed E-state index contributed by atoms with van der Waals surface area (Å²) >= 11 is 5.68. The van der Waals surface area contributed by atoms with E-state index in [0.29, 0.717) is 11.1 Å². The lowest BCUT2D eigenvalue weighted by molar-refractivity contribution is -0.117. The molecule has 0 unspecified atom stereocenters. The molecule has 0 aliphatic heterocycles. The molecule has 4 nitrogen and oxygen atoms in total. The normalized spacial score (nSPS) is 11.5. The second-order valence-electron chi connectivity index (χ2n) is 8.69. The van der Waals surface area contributed by atoms with Gasteiger partial charge in [-0.2, -0.15) is 0 Å². The minimum Gasteiger partial charge on any atom is -0.475 e. The van der Waals surface area contributed by atoms with Crippen LogP contribution in [0.5, 0.6) is 5.75 Å². The molecule has 0 saturated heterocycles. The van der Waals surface area contributed by atoms with Crippen LogP contribution in [0.15, 0.2) is 65.6 Å². The third-order valence-corrected chi connectivity index (χ3v) is 7.32. The van der Waals surface area contributed by atoms with Crippen molar-refractivity contribution in [3.8, 4) is 17.6 Å². The maximum atomic E-state index is 14.6. The van der Waals surface area contributed by atoms with Gasteiger partial charge in [0.2, 0.25) is 0 Å². The van der Waals surface area contributed by atoms with Gasteiger partial charge in [0.1, 0.15) is 23.2 Å². The number of halogens is 3. The summed E-state index contributed by atoms with van der Waals surface area (Å²) in [6.07, 6.45) is 0.128. The number of hydrogen-bond acceptors (Lipinski definition) is 4. The Balaban J connectivity index is 1.64. The standard InChI is InChI=1S/C28H25ClF2O4S/c1-4-36(33,34)24-10-6-19(7-11-24)15-22(32)16-20-5-8-21(26(30)17-20)13-14-28(2,3)35-23-9-12-25(29)27(31)18-23/h5-12,17-18H,4,15-16H2,1-3H3. The second kappa shape index (κ2) is 11.2. The molecule has 3 aromatic rings. The highest BCUT2D eigenvalue weighted by Crippen LogP contribution is 2.24. The molecule has 8 heteroatoms. The fourth-order valence-electron chi connectivity index (χ4n) is 3.35. The summed E-state index contributed by atoms with van der Waals surface area (Å²) in [4.78, 5) is 12.7. The molecule has 0 aliphatic rings. The van der Waals surface area contributed by atoms with Crippen LogP contribution in [0.2, 0.25) is 5.02 Å². The summed E-state index contributed by atoms with van der Waals surface area (Å²) in [7, 11) is -3.30. The van der Waals surface area contributed by atoms with Crippen molar-refractivity contribution in [3.63, 3.8) is 0 Å². The van der Waals surface area contributed by atoms with E-state index in [2.05, 4.69) is 11.8 Å². The van der Waals surface area contributed by atoms with Crippen LogP contribution >= 0.6 is 11.6 Å². The second-order valence-corrected chi connectivity index (χ2v) is 11.4. The van der Waals surface area contributed by atoms with Crippen molar-refractivity contribution >= 4 is 27.2 Å². The number of ether oxygens (including phenoxy) is 1. The lowest BCUT2D eigenvalue weighted by Crippen LogP contribution is -2.26. The van der Waals surface area contributed by atoms with E-state index in [9.17, 15) is 22.0 Å². The van der Waals surface area contributed by atoms with Crippen LogP contribution in [0.3, 0.4) is 0 Å². The van der Waals surface area contributed by atoms with Crippen molar-refractivity contribution in [2.45, 2.75) is 44.1 Å².